The van der Waals surface area contributed by atoms with Crippen LogP contribution in [0.5, 0.6) is 11.5 Å². The summed E-state index contributed by atoms with van der Waals surface area (Å²) >= 11 is 3.48. The Balaban J connectivity index is 1.82. The number of benzene rings is 2. The van der Waals surface area contributed by atoms with Crippen molar-refractivity contribution in [3.63, 3.8) is 0 Å². The van der Waals surface area contributed by atoms with Crippen molar-refractivity contribution in [3.8, 4) is 11.5 Å². The Labute approximate surface area is 230 Å². The fourth-order valence-electron chi connectivity index (χ4n) is 6.28. The highest BCUT2D eigenvalue weighted by Crippen LogP contribution is 2.69. The molecule has 200 valence electrons. The van der Waals surface area contributed by atoms with Gasteiger partial charge < -0.3 is 29.7 Å². The third kappa shape index (κ3) is 3.83. The van der Waals surface area contributed by atoms with Crippen molar-refractivity contribution in [1.29, 1.82) is 0 Å². The van der Waals surface area contributed by atoms with Crippen LogP contribution in [-0.4, -0.2) is 63.5 Å². The number of hydrogen-bond acceptors (Lipinski definition) is 7. The molecule has 2 aliphatic rings. The second-order valence-corrected chi connectivity index (χ2v) is 11.6. The molecule has 1 fully saturated rings. The number of aromatic nitrogens is 1. The first-order valence-electron chi connectivity index (χ1n) is 12.4. The molecule has 3 aromatic rings. The summed E-state index contributed by atoms with van der Waals surface area (Å²) in [6, 6.07) is 16.6. The van der Waals surface area contributed by atoms with Gasteiger partial charge in [0.05, 0.1) is 36.6 Å². The first-order valence-corrected chi connectivity index (χ1v) is 13.1. The van der Waals surface area contributed by atoms with E-state index in [0.717, 1.165) is 4.47 Å². The first kappa shape index (κ1) is 26.6. The zero-order valence-corrected chi connectivity index (χ0v) is 23.2. The van der Waals surface area contributed by atoms with Crippen LogP contribution in [0.15, 0.2) is 71.5 Å². The Hall–Kier alpha value is -2.98. The van der Waals surface area contributed by atoms with Crippen LogP contribution in [0.2, 0.25) is 0 Å². The highest BCUT2D eigenvalue weighted by atomic mass is 79.9. The van der Waals surface area contributed by atoms with Gasteiger partial charge in [-0.05, 0) is 37.1 Å². The zero-order valence-electron chi connectivity index (χ0n) is 21.6. The number of aliphatic hydroxyl groups is 3. The summed E-state index contributed by atoms with van der Waals surface area (Å²) in [7, 11) is 3.04. The number of methoxy groups -OCH3 is 1. The average Bonchev–Trinajstić information content (AvgIpc) is 3.26. The largest absolute Gasteiger partial charge is 0.495 e. The smallest absolute Gasteiger partial charge is 0.229 e. The highest BCUT2D eigenvalue weighted by molar-refractivity contribution is 9.10. The van der Waals surface area contributed by atoms with Gasteiger partial charge in [0.15, 0.2) is 11.2 Å². The predicted octanol–water partition coefficient (Wildman–Crippen LogP) is 3.33. The minimum absolute atomic E-state index is 0.0327. The predicted molar refractivity (Wildman–Crippen MR) is 144 cm³/mol. The van der Waals surface area contributed by atoms with Crippen LogP contribution in [0.25, 0.3) is 0 Å². The number of nitrogens with zero attached hydrogens (tertiary/aromatic N) is 2. The lowest BCUT2D eigenvalue weighted by atomic mass is 9.70. The summed E-state index contributed by atoms with van der Waals surface area (Å²) in [5, 5.41) is 35.3. The Morgan fingerprint density at radius 2 is 1.82 bits per heavy atom. The molecule has 3 N–H and O–H groups in total. The number of likely N-dealkylation sites (N-methyl/N-ethyl adjacent to an activating group) is 1. The maximum absolute atomic E-state index is 14.1. The van der Waals surface area contributed by atoms with Gasteiger partial charge in [-0.15, -0.1) is 0 Å². The summed E-state index contributed by atoms with van der Waals surface area (Å²) in [5.41, 5.74) is -3.32. The monoisotopic (exact) mass is 582 g/mol. The number of rotatable bonds is 6. The van der Waals surface area contributed by atoms with E-state index in [4.69, 9.17) is 9.47 Å². The van der Waals surface area contributed by atoms with Crippen LogP contribution in [0, 0.1) is 5.92 Å². The van der Waals surface area contributed by atoms with Gasteiger partial charge in [0, 0.05) is 24.0 Å². The van der Waals surface area contributed by atoms with E-state index in [1.807, 2.05) is 54.6 Å². The van der Waals surface area contributed by atoms with Crippen LogP contribution < -0.4 is 9.47 Å². The van der Waals surface area contributed by atoms with E-state index in [1.54, 1.807) is 20.9 Å². The molecule has 5 rings (SSSR count). The van der Waals surface area contributed by atoms with E-state index in [1.165, 1.54) is 24.4 Å². The van der Waals surface area contributed by atoms with Crippen LogP contribution in [-0.2, 0) is 16.0 Å². The van der Waals surface area contributed by atoms with Gasteiger partial charge in [0.25, 0.3) is 0 Å². The Morgan fingerprint density at radius 1 is 1.16 bits per heavy atom. The molecule has 38 heavy (non-hydrogen) atoms. The minimum atomic E-state index is -2.08. The maximum atomic E-state index is 14.1. The standard InChI is InChI=1S/C29H31BrN2O6/c1-27(2,35)16-32(3)26(34)22-23(17-8-6-5-7-9-17)29(18-10-12-19(30)13-11-18)28(36,25(22)33)24-20(37-4)14-31-15-21(24)38-29/h5-15,22-23,25,33,35-36H,16H2,1-4H3/t22-,23-,25-,28+,29+/m1/s1. The van der Waals surface area contributed by atoms with Crippen LogP contribution in [0.1, 0.15) is 36.5 Å². The van der Waals surface area contributed by atoms with Crippen molar-refractivity contribution in [2.45, 2.75) is 42.7 Å². The number of pyridine rings is 1. The number of aliphatic hydroxyl groups excluding tert-OH is 1. The van der Waals surface area contributed by atoms with E-state index in [9.17, 15) is 20.1 Å². The molecule has 9 heteroatoms. The fraction of sp³-hybridized carbons (Fsp3) is 0.379. The number of hydrogen-bond donors (Lipinski definition) is 3. The van der Waals surface area contributed by atoms with E-state index in [-0.39, 0.29) is 23.6 Å². The second kappa shape index (κ2) is 9.34. The van der Waals surface area contributed by atoms with E-state index >= 15 is 0 Å². The first-order chi connectivity index (χ1) is 18.0. The molecule has 8 nitrogen and oxygen atoms in total. The van der Waals surface area contributed by atoms with Crippen molar-refractivity contribution in [2.24, 2.45) is 5.92 Å². The number of halogens is 1. The number of ether oxygens (including phenoxy) is 2. The summed E-state index contributed by atoms with van der Waals surface area (Å²) < 4.78 is 13.1. The minimum Gasteiger partial charge on any atom is -0.495 e. The summed E-state index contributed by atoms with van der Waals surface area (Å²) in [6.07, 6.45) is 1.35. The number of fused-ring (bicyclic) bond motifs is 3. The fourth-order valence-corrected chi connectivity index (χ4v) is 6.54. The Bertz CT molecular complexity index is 1350. The molecule has 2 aromatic carbocycles. The van der Waals surface area contributed by atoms with Crippen molar-refractivity contribution < 1.29 is 29.6 Å². The van der Waals surface area contributed by atoms with Gasteiger partial charge in [0.2, 0.25) is 5.91 Å². The molecule has 0 unspecified atom stereocenters. The third-order valence-electron chi connectivity index (χ3n) is 7.60. The van der Waals surface area contributed by atoms with Gasteiger partial charge >= 0.3 is 0 Å². The normalized spacial score (nSPS) is 27.8. The lowest BCUT2D eigenvalue weighted by Crippen LogP contribution is -2.52. The average molecular weight is 583 g/mol. The van der Waals surface area contributed by atoms with Crippen molar-refractivity contribution in [1.82, 2.24) is 9.88 Å². The zero-order chi connectivity index (χ0) is 27.5. The molecule has 5 atom stereocenters. The second-order valence-electron chi connectivity index (χ2n) is 10.7. The lowest BCUT2D eigenvalue weighted by Gasteiger charge is -2.41. The molecule has 0 bridgehead atoms. The molecule has 0 radical (unpaired) electrons. The maximum Gasteiger partial charge on any atom is 0.229 e. The van der Waals surface area contributed by atoms with Crippen LogP contribution in [0.3, 0.4) is 0 Å². The Morgan fingerprint density at radius 3 is 2.42 bits per heavy atom. The molecule has 1 aliphatic heterocycles. The highest BCUT2D eigenvalue weighted by Gasteiger charge is 2.78. The Kier molecular flexibility index (Phi) is 6.54. The van der Waals surface area contributed by atoms with Gasteiger partial charge in [0.1, 0.15) is 17.6 Å². The lowest BCUT2D eigenvalue weighted by molar-refractivity contribution is -0.157. The summed E-state index contributed by atoms with van der Waals surface area (Å²) in [5.74, 6) is -1.85. The molecule has 1 aliphatic carbocycles. The molecule has 0 saturated heterocycles. The van der Waals surface area contributed by atoms with Gasteiger partial charge in [-0.2, -0.15) is 0 Å². The van der Waals surface area contributed by atoms with Crippen molar-refractivity contribution >= 4 is 21.8 Å². The van der Waals surface area contributed by atoms with E-state index in [0.29, 0.717) is 11.1 Å². The number of carbonyl (C=O) groups excluding carboxylic acids is 1. The molecular weight excluding hydrogens is 552 g/mol. The van der Waals surface area contributed by atoms with E-state index < -0.39 is 40.7 Å². The van der Waals surface area contributed by atoms with E-state index in [2.05, 4.69) is 20.9 Å². The molecule has 1 amide bonds. The van der Waals surface area contributed by atoms with Gasteiger partial charge in [-0.1, -0.05) is 58.4 Å². The molecule has 0 spiro atoms. The van der Waals surface area contributed by atoms with Crippen molar-refractivity contribution in [2.75, 3.05) is 20.7 Å². The number of amides is 1. The SMILES string of the molecule is COc1cncc2c1[C@]1(O)[C@H](O)[C@H](C(=O)N(C)CC(C)(C)O)[C@@H](c3ccccc3)[C@]1(c1ccc(Br)cc1)O2. The summed E-state index contributed by atoms with van der Waals surface area (Å²) in [4.78, 5) is 19.7. The third-order valence-corrected chi connectivity index (χ3v) is 8.13. The molecular formula is C29H31BrN2O6. The van der Waals surface area contributed by atoms with Gasteiger partial charge in [-0.25, -0.2) is 0 Å². The van der Waals surface area contributed by atoms with Gasteiger partial charge in [-0.3, -0.25) is 9.78 Å². The van der Waals surface area contributed by atoms with Crippen LogP contribution in [0.4, 0.5) is 0 Å². The topological polar surface area (TPSA) is 112 Å². The number of carbonyl (C=O) groups is 1. The molecule has 1 aromatic heterocycles. The summed E-state index contributed by atoms with van der Waals surface area (Å²) in [6.45, 7) is 3.25. The molecule has 2 heterocycles. The quantitative estimate of drug-likeness (QED) is 0.408. The van der Waals surface area contributed by atoms with Crippen LogP contribution >= 0.6 is 15.9 Å². The molecule has 1 saturated carbocycles. The van der Waals surface area contributed by atoms with Crippen molar-refractivity contribution in [3.05, 3.63) is 88.2 Å².